The van der Waals surface area contributed by atoms with Crippen LogP contribution in [0.15, 0.2) is 23.4 Å². The van der Waals surface area contributed by atoms with Gasteiger partial charge in [0.1, 0.15) is 11.2 Å². The van der Waals surface area contributed by atoms with E-state index in [0.717, 1.165) is 64.2 Å². The Morgan fingerprint density at radius 2 is 1.87 bits per heavy atom. The first-order valence-corrected chi connectivity index (χ1v) is 13.8. The van der Waals surface area contributed by atoms with Crippen LogP contribution in [0.25, 0.3) is 11.0 Å². The lowest BCUT2D eigenvalue weighted by molar-refractivity contribution is 0.0673. The Hall–Kier alpha value is -3.42. The Labute approximate surface area is 225 Å². The summed E-state index contributed by atoms with van der Waals surface area (Å²) < 4.78 is 7.44. The summed E-state index contributed by atoms with van der Waals surface area (Å²) in [6.45, 7) is 8.22. The zero-order valence-electron chi connectivity index (χ0n) is 22.1. The summed E-state index contributed by atoms with van der Waals surface area (Å²) in [6, 6.07) is 0.213. The minimum atomic E-state index is -0.623. The van der Waals surface area contributed by atoms with Crippen LogP contribution in [0.5, 0.6) is 0 Å². The van der Waals surface area contributed by atoms with Crippen LogP contribution in [-0.4, -0.2) is 91.7 Å². The van der Waals surface area contributed by atoms with Gasteiger partial charge in [0.15, 0.2) is 5.65 Å². The van der Waals surface area contributed by atoms with Gasteiger partial charge in [-0.2, -0.15) is 5.10 Å². The molecule has 3 aliphatic rings. The van der Waals surface area contributed by atoms with Gasteiger partial charge in [-0.15, -0.1) is 0 Å². The fourth-order valence-corrected chi connectivity index (χ4v) is 6.24. The highest BCUT2D eigenvalue weighted by Gasteiger charge is 2.35. The van der Waals surface area contributed by atoms with Crippen LogP contribution in [-0.2, 0) is 4.74 Å². The first kappa shape index (κ1) is 25.8. The molecule has 3 fully saturated rings. The lowest BCUT2D eigenvalue weighted by Gasteiger charge is -2.34. The van der Waals surface area contributed by atoms with Crippen LogP contribution in [0.2, 0.25) is 0 Å². The van der Waals surface area contributed by atoms with Crippen LogP contribution in [0, 0.1) is 11.8 Å². The molecule has 13 nitrogen and oxygen atoms in total. The number of nitrogens with one attached hydrogen (secondary N) is 2. The number of H-pyrrole nitrogens is 1. The van der Waals surface area contributed by atoms with Gasteiger partial charge < -0.3 is 19.5 Å². The van der Waals surface area contributed by atoms with E-state index in [9.17, 15) is 9.59 Å². The fraction of sp³-hybridized carbons (Fsp3) is 0.615. The van der Waals surface area contributed by atoms with Crippen LogP contribution in [0.3, 0.4) is 0 Å². The van der Waals surface area contributed by atoms with Crippen molar-refractivity contribution in [2.75, 3.05) is 50.8 Å². The van der Waals surface area contributed by atoms with Gasteiger partial charge in [-0.05, 0) is 37.5 Å². The Morgan fingerprint density at radius 3 is 2.59 bits per heavy atom. The summed E-state index contributed by atoms with van der Waals surface area (Å²) in [5.74, 6) is 1.86. The van der Waals surface area contributed by atoms with Gasteiger partial charge in [0.05, 0.1) is 17.8 Å². The number of carbonyl (C=O) groups excluding carboxylic acids is 1. The highest BCUT2D eigenvalue weighted by atomic mass is 16.5. The number of likely N-dealkylation sites (tertiary alicyclic amines) is 1. The molecule has 0 radical (unpaired) electrons. The van der Waals surface area contributed by atoms with E-state index in [1.54, 1.807) is 11.7 Å². The minimum absolute atomic E-state index is 0.112. The van der Waals surface area contributed by atoms with E-state index < -0.39 is 5.91 Å². The van der Waals surface area contributed by atoms with Gasteiger partial charge in [0.2, 0.25) is 5.95 Å². The zero-order valence-corrected chi connectivity index (χ0v) is 22.1. The largest absolute Gasteiger partial charge is 0.381 e. The average molecular weight is 538 g/mol. The third-order valence-electron chi connectivity index (χ3n) is 8.47. The molecule has 3 aliphatic heterocycles. The number of carbonyl (C=O) groups is 1. The maximum atomic E-state index is 12.9. The third-order valence-corrected chi connectivity index (χ3v) is 8.47. The highest BCUT2D eigenvalue weighted by Crippen LogP contribution is 2.33. The minimum Gasteiger partial charge on any atom is -0.381 e. The maximum absolute atomic E-state index is 12.9. The molecule has 3 aromatic heterocycles. The Morgan fingerprint density at radius 1 is 1.13 bits per heavy atom. The van der Waals surface area contributed by atoms with Gasteiger partial charge in [-0.1, -0.05) is 6.92 Å². The van der Waals surface area contributed by atoms with Gasteiger partial charge >= 0.3 is 0 Å². The van der Waals surface area contributed by atoms with Crippen molar-refractivity contribution in [3.05, 3.63) is 40.3 Å². The number of ether oxygens (including phenoxy) is 1. The topological polar surface area (TPSA) is 154 Å². The standard InChI is InChI=1S/C26H35N9O4/c1-16-13-33(14-17-2-6-34(7-3-17)26-27-10-18(11-28-26)24(36)32-38)15-21(16)22-30-23-20(25(37)31-22)12-29-35(23)19-4-8-39-9-5-19/h10-12,16-17,19,21,38H,2-9,13-15H2,1H3,(H,32,36)(H,30,31,37)/t16-,21-/m1/s1. The molecule has 39 heavy (non-hydrogen) atoms. The van der Waals surface area contributed by atoms with Gasteiger partial charge in [0, 0.05) is 64.2 Å². The van der Waals surface area contributed by atoms with Crippen LogP contribution >= 0.6 is 0 Å². The molecule has 0 aromatic carbocycles. The SMILES string of the molecule is C[C@@H]1CN(CC2CCN(c3ncc(C(=O)NO)cn3)CC2)C[C@H]1c1nc2c(cnn2C2CCOCC2)c(=O)[nH]1. The molecule has 1 amide bonds. The molecular formula is C26H35N9O4. The molecule has 3 saturated heterocycles. The number of piperidine rings is 1. The summed E-state index contributed by atoms with van der Waals surface area (Å²) in [6.07, 6.45) is 8.32. The van der Waals surface area contributed by atoms with Crippen molar-refractivity contribution in [1.29, 1.82) is 0 Å². The summed E-state index contributed by atoms with van der Waals surface area (Å²) in [7, 11) is 0. The smallest absolute Gasteiger partial charge is 0.277 e. The highest BCUT2D eigenvalue weighted by molar-refractivity contribution is 5.92. The lowest BCUT2D eigenvalue weighted by Crippen LogP contribution is -2.39. The fourth-order valence-electron chi connectivity index (χ4n) is 6.24. The molecule has 0 bridgehead atoms. The molecule has 0 saturated carbocycles. The molecule has 0 unspecified atom stereocenters. The van der Waals surface area contributed by atoms with Crippen molar-refractivity contribution in [2.24, 2.45) is 11.8 Å². The number of anilines is 1. The second-order valence-electron chi connectivity index (χ2n) is 11.1. The van der Waals surface area contributed by atoms with Crippen molar-refractivity contribution in [3.63, 3.8) is 0 Å². The van der Waals surface area contributed by atoms with Crippen molar-refractivity contribution < 1.29 is 14.7 Å². The second-order valence-corrected chi connectivity index (χ2v) is 11.1. The molecule has 2 atom stereocenters. The van der Waals surface area contributed by atoms with Crippen LogP contribution in [0.4, 0.5) is 5.95 Å². The molecule has 6 rings (SSSR count). The molecule has 3 N–H and O–H groups in total. The number of rotatable bonds is 6. The number of aromatic nitrogens is 6. The Bertz CT molecular complexity index is 1360. The van der Waals surface area contributed by atoms with Crippen molar-refractivity contribution in [1.82, 2.24) is 40.1 Å². The number of hydrogen-bond donors (Lipinski definition) is 3. The zero-order chi connectivity index (χ0) is 26.9. The van der Waals surface area contributed by atoms with E-state index >= 15 is 0 Å². The summed E-state index contributed by atoms with van der Waals surface area (Å²) in [4.78, 5) is 45.7. The van der Waals surface area contributed by atoms with E-state index in [4.69, 9.17) is 14.9 Å². The Kier molecular flexibility index (Phi) is 7.28. The number of aromatic amines is 1. The number of fused-ring (bicyclic) bond motifs is 1. The molecule has 3 aromatic rings. The maximum Gasteiger partial charge on any atom is 0.277 e. The van der Waals surface area contributed by atoms with Gasteiger partial charge in [-0.25, -0.2) is 25.1 Å². The number of nitrogens with zero attached hydrogens (tertiary/aromatic N) is 7. The van der Waals surface area contributed by atoms with E-state index in [1.807, 2.05) is 4.68 Å². The van der Waals surface area contributed by atoms with Crippen molar-refractivity contribution >= 4 is 22.9 Å². The van der Waals surface area contributed by atoms with E-state index in [0.29, 0.717) is 42.0 Å². The quantitative estimate of drug-likeness (QED) is 0.310. The first-order valence-electron chi connectivity index (χ1n) is 13.8. The molecule has 6 heterocycles. The summed E-state index contributed by atoms with van der Waals surface area (Å²) in [5, 5.41) is 13.8. The molecule has 208 valence electrons. The monoisotopic (exact) mass is 537 g/mol. The van der Waals surface area contributed by atoms with Crippen molar-refractivity contribution in [2.45, 2.75) is 44.6 Å². The first-order chi connectivity index (χ1) is 19.0. The molecule has 0 aliphatic carbocycles. The summed E-state index contributed by atoms with van der Waals surface area (Å²) >= 11 is 0. The summed E-state index contributed by atoms with van der Waals surface area (Å²) in [5.41, 5.74) is 2.39. The van der Waals surface area contributed by atoms with Crippen molar-refractivity contribution in [3.8, 4) is 0 Å². The lowest BCUT2D eigenvalue weighted by atomic mass is 9.96. The molecular weight excluding hydrogens is 502 g/mol. The number of hydrogen-bond acceptors (Lipinski definition) is 10. The second kappa shape index (κ2) is 11.0. The van der Waals surface area contributed by atoms with Gasteiger partial charge in [-0.3, -0.25) is 14.8 Å². The number of hydroxylamine groups is 1. The number of amides is 1. The van der Waals surface area contributed by atoms with E-state index in [-0.39, 0.29) is 23.1 Å². The predicted octanol–water partition coefficient (Wildman–Crippen LogP) is 1.33. The molecule has 13 heteroatoms. The van der Waals surface area contributed by atoms with Gasteiger partial charge in [0.25, 0.3) is 11.5 Å². The Balaban J connectivity index is 1.08. The normalized spacial score (nSPS) is 23.5. The predicted molar refractivity (Wildman–Crippen MR) is 142 cm³/mol. The van der Waals surface area contributed by atoms with Crippen LogP contribution in [0.1, 0.15) is 60.7 Å². The molecule has 0 spiro atoms. The van der Waals surface area contributed by atoms with Crippen LogP contribution < -0.4 is 15.9 Å². The average Bonchev–Trinajstić information content (AvgIpc) is 3.57. The van der Waals surface area contributed by atoms with E-state index in [1.165, 1.54) is 12.4 Å². The third kappa shape index (κ3) is 5.25. The van der Waals surface area contributed by atoms with E-state index in [2.05, 4.69) is 36.8 Å².